The van der Waals surface area contributed by atoms with Gasteiger partial charge in [0.2, 0.25) is 0 Å². The van der Waals surface area contributed by atoms with Crippen LogP contribution in [0, 0.1) is 0 Å². The van der Waals surface area contributed by atoms with Gasteiger partial charge in [-0.05, 0) is 24.2 Å². The molecule has 3 aromatic heterocycles. The van der Waals surface area contributed by atoms with Crippen molar-refractivity contribution >= 4 is 31.4 Å². The zero-order valence-electron chi connectivity index (χ0n) is 14.9. The maximum Gasteiger partial charge on any atom is 0.417 e. The van der Waals surface area contributed by atoms with E-state index < -0.39 is 20.5 Å². The molecule has 0 amide bonds. The van der Waals surface area contributed by atoms with E-state index in [9.17, 15) is 13.2 Å². The lowest BCUT2D eigenvalue weighted by Crippen LogP contribution is -2.10. The molecule has 27 heavy (non-hydrogen) atoms. The van der Waals surface area contributed by atoms with E-state index in [2.05, 4.69) is 23.1 Å². The predicted molar refractivity (Wildman–Crippen MR) is 103 cm³/mol. The molecule has 9 heteroatoms. The molecule has 0 aromatic carbocycles. The fourth-order valence-electron chi connectivity index (χ4n) is 2.70. The quantitative estimate of drug-likeness (QED) is 0.410. The minimum absolute atomic E-state index is 0.184. The molecule has 0 saturated heterocycles. The van der Waals surface area contributed by atoms with Crippen LogP contribution >= 0.6 is 11.6 Å². The van der Waals surface area contributed by atoms with E-state index in [4.69, 9.17) is 16.3 Å². The van der Waals surface area contributed by atoms with Gasteiger partial charge in [-0.2, -0.15) is 13.2 Å². The van der Waals surface area contributed by atoms with E-state index in [1.807, 2.05) is 0 Å². The first kappa shape index (κ1) is 19.8. The summed E-state index contributed by atoms with van der Waals surface area (Å²) < 4.78 is 46.7. The highest BCUT2D eigenvalue weighted by atomic mass is 35.5. The third-order valence-corrected chi connectivity index (χ3v) is 5.88. The largest absolute Gasteiger partial charge is 0.417 e. The van der Waals surface area contributed by atoms with Crippen LogP contribution in [-0.2, 0) is 17.6 Å². The van der Waals surface area contributed by atoms with Gasteiger partial charge in [0, 0.05) is 44.9 Å². The molecule has 0 unspecified atom stereocenters. The van der Waals surface area contributed by atoms with Crippen LogP contribution < -0.4 is 0 Å². The van der Waals surface area contributed by atoms with Gasteiger partial charge in [0.1, 0.15) is 12.4 Å². The SMILES string of the molecule is C[SiH](C)CCOCn1c(-c2cncc(C(F)(F)F)c2)cc2c(Cl)ccnc21. The normalized spacial score (nSPS) is 12.3. The monoisotopic (exact) mass is 413 g/mol. The van der Waals surface area contributed by atoms with Gasteiger partial charge in [-0.1, -0.05) is 24.7 Å². The van der Waals surface area contributed by atoms with Crippen LogP contribution in [0.25, 0.3) is 22.3 Å². The summed E-state index contributed by atoms with van der Waals surface area (Å²) in [5.74, 6) is 0. The second-order valence-corrected chi connectivity index (χ2v) is 10.4. The number of aromatic nitrogens is 3. The highest BCUT2D eigenvalue weighted by Gasteiger charge is 2.31. The summed E-state index contributed by atoms with van der Waals surface area (Å²) in [4.78, 5) is 8.10. The number of fused-ring (bicyclic) bond motifs is 1. The Morgan fingerprint density at radius 1 is 1.22 bits per heavy atom. The minimum atomic E-state index is -4.46. The zero-order valence-corrected chi connectivity index (χ0v) is 16.8. The first-order chi connectivity index (χ1) is 12.8. The van der Waals surface area contributed by atoms with Crippen molar-refractivity contribution in [2.24, 2.45) is 0 Å². The molecular formula is C18H19ClF3N3OSi. The Morgan fingerprint density at radius 3 is 2.70 bits per heavy atom. The highest BCUT2D eigenvalue weighted by molar-refractivity contribution is 6.55. The lowest BCUT2D eigenvalue weighted by Gasteiger charge is -2.13. The number of hydrogen-bond donors (Lipinski definition) is 0. The van der Waals surface area contributed by atoms with Gasteiger partial charge in [-0.15, -0.1) is 0 Å². The van der Waals surface area contributed by atoms with Crippen LogP contribution in [0.4, 0.5) is 13.2 Å². The number of ether oxygens (including phenoxy) is 1. The average Bonchev–Trinajstić information content (AvgIpc) is 2.98. The average molecular weight is 414 g/mol. The topological polar surface area (TPSA) is 39.9 Å². The van der Waals surface area contributed by atoms with Crippen LogP contribution in [0.3, 0.4) is 0 Å². The van der Waals surface area contributed by atoms with Crippen molar-refractivity contribution in [2.75, 3.05) is 6.61 Å². The van der Waals surface area contributed by atoms with Gasteiger partial charge < -0.3 is 9.30 Å². The second-order valence-electron chi connectivity index (χ2n) is 6.67. The standard InChI is InChI=1S/C18H19ClF3N3OSi/c1-27(2)6-5-26-11-25-16(8-14-15(19)3-4-24-17(14)25)12-7-13(10-23-9-12)18(20,21)22/h3-4,7-10,27H,5-6,11H2,1-2H3. The Morgan fingerprint density at radius 2 is 2.00 bits per heavy atom. The van der Waals surface area contributed by atoms with Crippen molar-refractivity contribution in [1.29, 1.82) is 0 Å². The lowest BCUT2D eigenvalue weighted by atomic mass is 10.1. The molecule has 0 aliphatic rings. The summed E-state index contributed by atoms with van der Waals surface area (Å²) in [5.41, 5.74) is 0.631. The number of rotatable bonds is 6. The zero-order chi connectivity index (χ0) is 19.6. The summed E-state index contributed by atoms with van der Waals surface area (Å²) in [6.07, 6.45) is -0.690. The molecule has 0 radical (unpaired) electrons. The van der Waals surface area contributed by atoms with Gasteiger partial charge in [-0.3, -0.25) is 4.98 Å². The third kappa shape index (κ3) is 4.51. The summed E-state index contributed by atoms with van der Waals surface area (Å²) in [7, 11) is -0.742. The summed E-state index contributed by atoms with van der Waals surface area (Å²) in [5, 5.41) is 1.14. The molecule has 0 atom stereocenters. The number of hydrogen-bond acceptors (Lipinski definition) is 3. The van der Waals surface area contributed by atoms with E-state index in [0.29, 0.717) is 33.9 Å². The Hall–Kier alpha value is -1.90. The third-order valence-electron chi connectivity index (χ3n) is 4.16. The van der Waals surface area contributed by atoms with Crippen LogP contribution in [-0.4, -0.2) is 29.9 Å². The van der Waals surface area contributed by atoms with Gasteiger partial charge in [0.15, 0.2) is 0 Å². The Kier molecular flexibility index (Phi) is 5.88. The molecule has 3 rings (SSSR count). The van der Waals surface area contributed by atoms with Crippen molar-refractivity contribution in [1.82, 2.24) is 14.5 Å². The van der Waals surface area contributed by atoms with Crippen molar-refractivity contribution in [3.8, 4) is 11.3 Å². The maximum absolute atomic E-state index is 13.1. The minimum Gasteiger partial charge on any atom is -0.361 e. The Labute approximate surface area is 161 Å². The Bertz CT molecular complexity index is 943. The number of nitrogens with zero attached hydrogens (tertiary/aromatic N) is 3. The predicted octanol–water partition coefficient (Wildman–Crippen LogP) is 5.23. The van der Waals surface area contributed by atoms with E-state index in [1.165, 1.54) is 6.20 Å². The van der Waals surface area contributed by atoms with Gasteiger partial charge in [-0.25, -0.2) is 4.98 Å². The van der Waals surface area contributed by atoms with E-state index >= 15 is 0 Å². The fraction of sp³-hybridized carbons (Fsp3) is 0.333. The van der Waals surface area contributed by atoms with Crippen LogP contribution in [0.5, 0.6) is 0 Å². The van der Waals surface area contributed by atoms with Crippen molar-refractivity contribution in [3.63, 3.8) is 0 Å². The molecule has 0 fully saturated rings. The maximum atomic E-state index is 13.1. The molecule has 3 heterocycles. The van der Waals surface area contributed by atoms with Crippen molar-refractivity contribution in [2.45, 2.75) is 32.0 Å². The Balaban J connectivity index is 2.04. The summed E-state index contributed by atoms with van der Waals surface area (Å²) in [6.45, 7) is 5.25. The number of pyridine rings is 2. The number of halogens is 4. The molecule has 144 valence electrons. The van der Waals surface area contributed by atoms with Gasteiger partial charge in [0.25, 0.3) is 0 Å². The first-order valence-electron chi connectivity index (χ1n) is 8.51. The summed E-state index contributed by atoms with van der Waals surface area (Å²) >= 11 is 6.25. The van der Waals surface area contributed by atoms with Crippen LogP contribution in [0.2, 0.25) is 24.2 Å². The molecule has 3 aromatic rings. The fourth-order valence-corrected chi connectivity index (χ4v) is 3.53. The van der Waals surface area contributed by atoms with Crippen molar-refractivity contribution in [3.05, 3.63) is 47.4 Å². The summed E-state index contributed by atoms with van der Waals surface area (Å²) in [6, 6.07) is 5.47. The van der Waals surface area contributed by atoms with E-state index in [-0.39, 0.29) is 6.73 Å². The molecule has 0 N–H and O–H groups in total. The van der Waals surface area contributed by atoms with E-state index in [1.54, 1.807) is 22.9 Å². The van der Waals surface area contributed by atoms with Crippen LogP contribution in [0.15, 0.2) is 36.8 Å². The van der Waals surface area contributed by atoms with Crippen LogP contribution in [0.1, 0.15) is 5.56 Å². The smallest absolute Gasteiger partial charge is 0.361 e. The molecule has 0 saturated carbocycles. The number of alkyl halides is 3. The highest BCUT2D eigenvalue weighted by Crippen LogP contribution is 2.34. The van der Waals surface area contributed by atoms with Gasteiger partial charge in [0.05, 0.1) is 16.3 Å². The first-order valence-corrected chi connectivity index (χ1v) is 12.0. The molecule has 0 aliphatic carbocycles. The molecule has 4 nitrogen and oxygen atoms in total. The molecule has 0 spiro atoms. The second kappa shape index (κ2) is 8.00. The molecule has 0 bridgehead atoms. The van der Waals surface area contributed by atoms with E-state index in [0.717, 1.165) is 18.3 Å². The van der Waals surface area contributed by atoms with Crippen molar-refractivity contribution < 1.29 is 17.9 Å². The molecular weight excluding hydrogens is 395 g/mol. The lowest BCUT2D eigenvalue weighted by molar-refractivity contribution is -0.137. The molecule has 0 aliphatic heterocycles. The van der Waals surface area contributed by atoms with Gasteiger partial charge >= 0.3 is 6.18 Å².